The first kappa shape index (κ1) is 10.7. The molecule has 0 aliphatic heterocycles. The van der Waals surface area contributed by atoms with E-state index in [2.05, 4.69) is 5.10 Å². The molecule has 0 bridgehead atoms. The Bertz CT molecular complexity index is 491. The third-order valence-electron chi connectivity index (χ3n) is 2.18. The standard InChI is InChI=1S/C11H9F3N2.H2/c1-8-7-10(11(12,13)14)15-16(8)9-5-3-2-4-6-9;/h2-7H,1H3;1H/i;1+1. The fraction of sp³-hybridized carbons (Fsp3) is 0.182. The molecule has 0 spiro atoms. The molecular weight excluding hydrogens is 217 g/mol. The SMILES string of the molecule is Cc1cc(C(F)(F)F)nn1-c1ccccc1.[2HH]. The van der Waals surface area contributed by atoms with Gasteiger partial charge in [0.05, 0.1) is 5.69 Å². The summed E-state index contributed by atoms with van der Waals surface area (Å²) in [6.45, 7) is 1.59. The first-order valence-electron chi connectivity index (χ1n) is 4.68. The number of aromatic nitrogens is 2. The van der Waals surface area contributed by atoms with Crippen LogP contribution >= 0.6 is 0 Å². The van der Waals surface area contributed by atoms with E-state index in [4.69, 9.17) is 0 Å². The van der Waals surface area contributed by atoms with E-state index in [0.29, 0.717) is 11.4 Å². The molecular formula is C11H11F3N2. The first-order valence-corrected chi connectivity index (χ1v) is 4.68. The predicted molar refractivity (Wildman–Crippen MR) is 55.4 cm³/mol. The zero-order valence-electron chi connectivity index (χ0n) is 8.49. The summed E-state index contributed by atoms with van der Waals surface area (Å²) in [5, 5.41) is 3.54. The minimum atomic E-state index is -4.40. The third-order valence-corrected chi connectivity index (χ3v) is 2.18. The van der Waals surface area contributed by atoms with E-state index < -0.39 is 11.9 Å². The predicted octanol–water partition coefficient (Wildman–Crippen LogP) is 3.45. The fourth-order valence-electron chi connectivity index (χ4n) is 1.44. The van der Waals surface area contributed by atoms with Crippen LogP contribution in [0, 0.1) is 6.92 Å². The highest BCUT2D eigenvalue weighted by atomic mass is 19.4. The molecule has 16 heavy (non-hydrogen) atoms. The number of benzene rings is 1. The van der Waals surface area contributed by atoms with E-state index >= 15 is 0 Å². The highest BCUT2D eigenvalue weighted by Crippen LogP contribution is 2.29. The Morgan fingerprint density at radius 1 is 1.19 bits per heavy atom. The Balaban J connectivity index is 0.00000144. The van der Waals surface area contributed by atoms with Crippen LogP contribution in [-0.4, -0.2) is 9.78 Å². The molecule has 0 aliphatic rings. The van der Waals surface area contributed by atoms with Gasteiger partial charge in [-0.1, -0.05) is 18.2 Å². The summed E-state index contributed by atoms with van der Waals surface area (Å²) in [7, 11) is 0. The molecule has 2 rings (SSSR count). The van der Waals surface area contributed by atoms with Crippen molar-refractivity contribution < 1.29 is 14.6 Å². The topological polar surface area (TPSA) is 17.8 Å². The molecule has 0 fully saturated rings. The Hall–Kier alpha value is -1.78. The maximum absolute atomic E-state index is 12.4. The summed E-state index contributed by atoms with van der Waals surface area (Å²) in [5.41, 5.74) is 0.211. The van der Waals surface area contributed by atoms with Crippen molar-refractivity contribution in [1.82, 2.24) is 9.78 Å². The zero-order chi connectivity index (χ0) is 11.8. The van der Waals surface area contributed by atoms with Gasteiger partial charge in [0.2, 0.25) is 0 Å². The van der Waals surface area contributed by atoms with Gasteiger partial charge in [-0.3, -0.25) is 0 Å². The van der Waals surface area contributed by atoms with Gasteiger partial charge in [-0.2, -0.15) is 18.3 Å². The van der Waals surface area contributed by atoms with Crippen LogP contribution in [0.2, 0.25) is 0 Å². The molecule has 0 saturated heterocycles. The zero-order valence-corrected chi connectivity index (χ0v) is 8.49. The average molecular weight is 229 g/mol. The number of hydrogen-bond donors (Lipinski definition) is 0. The number of hydrogen-bond acceptors (Lipinski definition) is 1. The van der Waals surface area contributed by atoms with Crippen LogP contribution in [0.25, 0.3) is 5.69 Å². The second-order valence-electron chi connectivity index (χ2n) is 3.42. The number of nitrogens with zero attached hydrogens (tertiary/aromatic N) is 2. The van der Waals surface area contributed by atoms with Gasteiger partial charge < -0.3 is 0 Å². The van der Waals surface area contributed by atoms with Crippen LogP contribution in [0.15, 0.2) is 36.4 Å². The van der Waals surface area contributed by atoms with Gasteiger partial charge in [0.15, 0.2) is 5.69 Å². The summed E-state index contributed by atoms with van der Waals surface area (Å²) < 4.78 is 38.5. The molecule has 0 radical (unpaired) electrons. The molecule has 1 aromatic carbocycles. The highest BCUT2D eigenvalue weighted by Gasteiger charge is 2.34. The molecule has 86 valence electrons. The lowest BCUT2D eigenvalue weighted by atomic mass is 10.3. The summed E-state index contributed by atoms with van der Waals surface area (Å²) in [6.07, 6.45) is -4.40. The van der Waals surface area contributed by atoms with E-state index in [1.165, 1.54) is 4.68 Å². The van der Waals surface area contributed by atoms with E-state index in [1.54, 1.807) is 37.3 Å². The largest absolute Gasteiger partial charge is 0.435 e. The minimum absolute atomic E-state index is 0. The number of aryl methyl sites for hydroxylation is 1. The number of halogens is 3. The quantitative estimate of drug-likeness (QED) is 0.732. The number of para-hydroxylation sites is 1. The van der Waals surface area contributed by atoms with Gasteiger partial charge in [0, 0.05) is 7.12 Å². The Kier molecular flexibility index (Phi) is 2.46. The van der Waals surface area contributed by atoms with Gasteiger partial charge in [0.1, 0.15) is 0 Å². The van der Waals surface area contributed by atoms with Gasteiger partial charge >= 0.3 is 6.18 Å². The smallest absolute Gasteiger partial charge is 0.238 e. The fourth-order valence-corrected chi connectivity index (χ4v) is 1.44. The molecule has 1 heterocycles. The van der Waals surface area contributed by atoms with Crippen LogP contribution in [0.3, 0.4) is 0 Å². The molecule has 0 N–H and O–H groups in total. The van der Waals surface area contributed by atoms with Crippen LogP contribution in [0.4, 0.5) is 13.2 Å². The summed E-state index contributed by atoms with van der Waals surface area (Å²) in [5.74, 6) is 0. The molecule has 0 amide bonds. The van der Waals surface area contributed by atoms with E-state index in [9.17, 15) is 13.2 Å². The van der Waals surface area contributed by atoms with Gasteiger partial charge in [0.25, 0.3) is 0 Å². The Morgan fingerprint density at radius 2 is 1.81 bits per heavy atom. The maximum atomic E-state index is 12.4. The van der Waals surface area contributed by atoms with Crippen molar-refractivity contribution in [3.8, 4) is 5.69 Å². The van der Waals surface area contributed by atoms with Crippen molar-refractivity contribution in [3.63, 3.8) is 0 Å². The molecule has 2 nitrogen and oxygen atoms in total. The molecule has 5 heteroatoms. The van der Waals surface area contributed by atoms with Crippen LogP contribution < -0.4 is 0 Å². The van der Waals surface area contributed by atoms with Crippen LogP contribution in [0.1, 0.15) is 12.8 Å². The Morgan fingerprint density at radius 3 is 2.31 bits per heavy atom. The summed E-state index contributed by atoms with van der Waals surface area (Å²) in [4.78, 5) is 0. The maximum Gasteiger partial charge on any atom is 0.435 e. The van der Waals surface area contributed by atoms with Crippen molar-refractivity contribution in [1.29, 1.82) is 0 Å². The first-order chi connectivity index (χ1) is 7.48. The van der Waals surface area contributed by atoms with Crippen molar-refractivity contribution in [2.75, 3.05) is 0 Å². The molecule has 0 atom stereocenters. The van der Waals surface area contributed by atoms with E-state index in [-0.39, 0.29) is 1.43 Å². The lowest BCUT2D eigenvalue weighted by Gasteiger charge is -2.03. The molecule has 1 aromatic heterocycles. The second kappa shape index (κ2) is 3.66. The van der Waals surface area contributed by atoms with Gasteiger partial charge in [-0.05, 0) is 25.1 Å². The van der Waals surface area contributed by atoms with Crippen molar-refractivity contribution in [2.24, 2.45) is 0 Å². The Labute approximate surface area is 91.8 Å². The van der Waals surface area contributed by atoms with Gasteiger partial charge in [-0.25, -0.2) is 4.68 Å². The van der Waals surface area contributed by atoms with E-state index in [1.807, 2.05) is 0 Å². The van der Waals surface area contributed by atoms with Crippen LogP contribution in [-0.2, 0) is 6.18 Å². The molecule has 0 saturated carbocycles. The van der Waals surface area contributed by atoms with Crippen LogP contribution in [0.5, 0.6) is 0 Å². The number of rotatable bonds is 1. The monoisotopic (exact) mass is 229 g/mol. The average Bonchev–Trinajstić information content (AvgIpc) is 2.61. The summed E-state index contributed by atoms with van der Waals surface area (Å²) >= 11 is 0. The second-order valence-corrected chi connectivity index (χ2v) is 3.42. The summed E-state index contributed by atoms with van der Waals surface area (Å²) in [6, 6.07) is 9.76. The van der Waals surface area contributed by atoms with Crippen molar-refractivity contribution in [2.45, 2.75) is 13.1 Å². The van der Waals surface area contributed by atoms with E-state index in [0.717, 1.165) is 6.07 Å². The molecule has 0 aliphatic carbocycles. The highest BCUT2D eigenvalue weighted by molar-refractivity contribution is 5.33. The lowest BCUT2D eigenvalue weighted by Crippen LogP contribution is -2.07. The third kappa shape index (κ3) is 1.93. The van der Waals surface area contributed by atoms with Crippen molar-refractivity contribution in [3.05, 3.63) is 47.8 Å². The normalized spacial score (nSPS) is 11.8. The lowest BCUT2D eigenvalue weighted by molar-refractivity contribution is -0.141. The minimum Gasteiger partial charge on any atom is -0.238 e. The molecule has 0 unspecified atom stereocenters. The van der Waals surface area contributed by atoms with Crippen molar-refractivity contribution >= 4 is 0 Å². The molecule has 2 aromatic rings. The van der Waals surface area contributed by atoms with Gasteiger partial charge in [-0.15, -0.1) is 0 Å². The number of alkyl halides is 3.